The van der Waals surface area contributed by atoms with Crippen molar-refractivity contribution in [2.75, 3.05) is 0 Å². The third-order valence-corrected chi connectivity index (χ3v) is 3.01. The topological polar surface area (TPSA) is 40.5 Å². The van der Waals surface area contributed by atoms with Crippen molar-refractivity contribution in [2.24, 2.45) is 5.41 Å². The van der Waals surface area contributed by atoms with Gasteiger partial charge in [-0.3, -0.25) is 10.0 Å². The predicted octanol–water partition coefficient (Wildman–Crippen LogP) is 3.12. The lowest BCUT2D eigenvalue weighted by Crippen LogP contribution is -2.38. The Morgan fingerprint density at radius 3 is 2.44 bits per heavy atom. The van der Waals surface area contributed by atoms with Gasteiger partial charge in [-0.1, -0.05) is 26.8 Å². The Kier molecular flexibility index (Phi) is 4.40. The maximum atomic E-state index is 13.0. The molecule has 1 aromatic carbocycles. The highest BCUT2D eigenvalue weighted by Gasteiger charge is 2.29. The van der Waals surface area contributed by atoms with Crippen LogP contribution >= 0.6 is 0 Å². The molecule has 1 amide bonds. The minimum atomic E-state index is -0.997. The van der Waals surface area contributed by atoms with E-state index in [1.165, 1.54) is 6.07 Å². The van der Waals surface area contributed by atoms with Gasteiger partial charge in [-0.2, -0.15) is 0 Å². The first kappa shape index (κ1) is 14.6. The van der Waals surface area contributed by atoms with Crippen LogP contribution in [0.5, 0.6) is 0 Å². The fourth-order valence-electron chi connectivity index (χ4n) is 1.38. The van der Waals surface area contributed by atoms with E-state index in [9.17, 15) is 18.8 Å². The smallest absolute Gasteiger partial charge is 0.251 e. The summed E-state index contributed by atoms with van der Waals surface area (Å²) in [5, 5.41) is 10.2. The molecular formula is C13H17F2NO2. The second-order valence-electron chi connectivity index (χ2n) is 4.85. The Bertz CT molecular complexity index is 447. The fraction of sp³-hybridized carbons (Fsp3) is 0.462. The maximum Gasteiger partial charge on any atom is 0.251 e. The molecule has 18 heavy (non-hydrogen) atoms. The maximum absolute atomic E-state index is 13.0. The van der Waals surface area contributed by atoms with Gasteiger partial charge < -0.3 is 0 Å². The zero-order valence-corrected chi connectivity index (χ0v) is 10.7. The molecule has 1 aromatic rings. The molecule has 0 saturated heterocycles. The second-order valence-corrected chi connectivity index (χ2v) is 4.85. The summed E-state index contributed by atoms with van der Waals surface area (Å²) in [6.45, 7) is 5.09. The Balaban J connectivity index is 2.78. The highest BCUT2D eigenvalue weighted by atomic mass is 19.2. The minimum absolute atomic E-state index is 0.167. The number of carbonyl (C=O) groups excluding carboxylic acids is 1. The highest BCUT2D eigenvalue weighted by molar-refractivity contribution is 5.80. The molecule has 0 aliphatic carbocycles. The van der Waals surface area contributed by atoms with E-state index in [-0.39, 0.29) is 6.54 Å². The molecule has 0 aliphatic heterocycles. The van der Waals surface area contributed by atoms with Gasteiger partial charge in [0.2, 0.25) is 0 Å². The molecule has 1 rings (SSSR count). The molecule has 0 bridgehead atoms. The molecule has 0 aliphatic rings. The average molecular weight is 257 g/mol. The fourth-order valence-corrected chi connectivity index (χ4v) is 1.38. The van der Waals surface area contributed by atoms with Crippen LogP contribution in [0.1, 0.15) is 32.8 Å². The Hall–Kier alpha value is -1.49. The van der Waals surface area contributed by atoms with E-state index in [2.05, 4.69) is 0 Å². The van der Waals surface area contributed by atoms with E-state index < -0.39 is 23.0 Å². The van der Waals surface area contributed by atoms with Gasteiger partial charge in [0, 0.05) is 5.41 Å². The molecule has 0 heterocycles. The Labute approximate surface area is 105 Å². The largest absolute Gasteiger partial charge is 0.286 e. The van der Waals surface area contributed by atoms with Gasteiger partial charge >= 0.3 is 0 Å². The number of hydrogen-bond acceptors (Lipinski definition) is 2. The highest BCUT2D eigenvalue weighted by Crippen LogP contribution is 2.23. The van der Waals surface area contributed by atoms with Crippen molar-refractivity contribution in [1.29, 1.82) is 0 Å². The Morgan fingerprint density at radius 2 is 1.94 bits per heavy atom. The summed E-state index contributed by atoms with van der Waals surface area (Å²) < 4.78 is 25.7. The van der Waals surface area contributed by atoms with E-state index in [0.717, 1.165) is 12.1 Å². The van der Waals surface area contributed by atoms with Gasteiger partial charge in [-0.25, -0.2) is 13.8 Å². The molecule has 5 heteroatoms. The number of amides is 1. The van der Waals surface area contributed by atoms with Crippen LogP contribution in [0, 0.1) is 17.0 Å². The van der Waals surface area contributed by atoms with Crippen LogP contribution in [-0.4, -0.2) is 16.2 Å². The van der Waals surface area contributed by atoms with Crippen molar-refractivity contribution in [3.8, 4) is 0 Å². The second kappa shape index (κ2) is 5.44. The van der Waals surface area contributed by atoms with E-state index in [0.29, 0.717) is 17.0 Å². The summed E-state index contributed by atoms with van der Waals surface area (Å²) in [7, 11) is 0. The van der Waals surface area contributed by atoms with Crippen LogP contribution in [0.15, 0.2) is 18.2 Å². The minimum Gasteiger partial charge on any atom is -0.286 e. The van der Waals surface area contributed by atoms with Crippen molar-refractivity contribution in [2.45, 2.75) is 33.7 Å². The molecule has 100 valence electrons. The third-order valence-electron chi connectivity index (χ3n) is 3.01. The van der Waals surface area contributed by atoms with Crippen molar-refractivity contribution >= 4 is 5.91 Å². The monoisotopic (exact) mass is 257 g/mol. The van der Waals surface area contributed by atoms with Crippen molar-refractivity contribution < 1.29 is 18.8 Å². The van der Waals surface area contributed by atoms with Gasteiger partial charge in [0.25, 0.3) is 5.91 Å². The van der Waals surface area contributed by atoms with E-state index in [4.69, 9.17) is 0 Å². The number of halogens is 2. The van der Waals surface area contributed by atoms with E-state index >= 15 is 0 Å². The first-order valence-corrected chi connectivity index (χ1v) is 5.72. The summed E-state index contributed by atoms with van der Waals surface area (Å²) in [5.74, 6) is -2.40. The van der Waals surface area contributed by atoms with Gasteiger partial charge in [-0.05, 0) is 24.1 Å². The molecule has 0 unspecified atom stereocenters. The lowest BCUT2D eigenvalue weighted by molar-refractivity contribution is -0.178. The number of nitrogens with zero attached hydrogens (tertiary/aromatic N) is 1. The predicted molar refractivity (Wildman–Crippen MR) is 62.8 cm³/mol. The number of benzene rings is 1. The van der Waals surface area contributed by atoms with Crippen molar-refractivity contribution in [3.05, 3.63) is 35.4 Å². The summed E-state index contributed by atoms with van der Waals surface area (Å²) in [4.78, 5) is 11.9. The Morgan fingerprint density at radius 1 is 1.33 bits per heavy atom. The average Bonchev–Trinajstić information content (AvgIpc) is 2.32. The van der Waals surface area contributed by atoms with E-state index in [1.807, 2.05) is 6.92 Å². The number of hydrogen-bond donors (Lipinski definition) is 1. The number of rotatable bonds is 4. The SMILES string of the molecule is CCC(C)(C)C(=O)N(O)Cc1ccc(F)c(F)c1. The molecule has 3 nitrogen and oxygen atoms in total. The van der Waals surface area contributed by atoms with Crippen LogP contribution in [0.25, 0.3) is 0 Å². The molecule has 0 atom stereocenters. The lowest BCUT2D eigenvalue weighted by atomic mass is 9.89. The normalized spacial score (nSPS) is 11.4. The van der Waals surface area contributed by atoms with Crippen LogP contribution in [-0.2, 0) is 11.3 Å². The first-order valence-electron chi connectivity index (χ1n) is 5.72. The summed E-state index contributed by atoms with van der Waals surface area (Å²) >= 11 is 0. The summed E-state index contributed by atoms with van der Waals surface area (Å²) in [6, 6.07) is 3.26. The van der Waals surface area contributed by atoms with Crippen molar-refractivity contribution in [1.82, 2.24) is 5.06 Å². The molecule has 0 aromatic heterocycles. The molecular weight excluding hydrogens is 240 g/mol. The zero-order valence-electron chi connectivity index (χ0n) is 10.7. The van der Waals surface area contributed by atoms with Gasteiger partial charge in [-0.15, -0.1) is 0 Å². The first-order chi connectivity index (χ1) is 8.27. The number of hydroxylamine groups is 2. The van der Waals surface area contributed by atoms with Crippen LogP contribution in [0.4, 0.5) is 8.78 Å². The molecule has 0 spiro atoms. The number of carbonyl (C=O) groups is 1. The van der Waals surface area contributed by atoms with Crippen molar-refractivity contribution in [3.63, 3.8) is 0 Å². The van der Waals surface area contributed by atoms with Gasteiger partial charge in [0.15, 0.2) is 11.6 Å². The van der Waals surface area contributed by atoms with E-state index in [1.54, 1.807) is 13.8 Å². The van der Waals surface area contributed by atoms with Gasteiger partial charge in [0.1, 0.15) is 0 Å². The molecule has 1 N–H and O–H groups in total. The van der Waals surface area contributed by atoms with Crippen LogP contribution < -0.4 is 0 Å². The molecule has 0 radical (unpaired) electrons. The standard InChI is InChI=1S/C13H17F2NO2/c1-4-13(2,3)12(17)16(18)8-9-5-6-10(14)11(15)7-9/h5-7,18H,4,8H2,1-3H3. The third kappa shape index (κ3) is 3.26. The van der Waals surface area contributed by atoms with Gasteiger partial charge in [0.05, 0.1) is 6.54 Å². The van der Waals surface area contributed by atoms with Crippen LogP contribution in [0.3, 0.4) is 0 Å². The summed E-state index contributed by atoms with van der Waals surface area (Å²) in [6.07, 6.45) is 0.570. The van der Waals surface area contributed by atoms with Crippen LogP contribution in [0.2, 0.25) is 0 Å². The molecule has 0 fully saturated rings. The lowest BCUT2D eigenvalue weighted by Gasteiger charge is -2.26. The molecule has 0 saturated carbocycles. The quantitative estimate of drug-likeness (QED) is 0.665. The summed E-state index contributed by atoms with van der Waals surface area (Å²) in [5.41, 5.74) is -0.357. The zero-order chi connectivity index (χ0) is 13.9.